The van der Waals surface area contributed by atoms with Crippen LogP contribution in [0.25, 0.3) is 0 Å². The van der Waals surface area contributed by atoms with Gasteiger partial charge in [0.15, 0.2) is 6.10 Å². The first-order valence-corrected chi connectivity index (χ1v) is 9.11. The Morgan fingerprint density at radius 2 is 1.79 bits per heavy atom. The Morgan fingerprint density at radius 3 is 2.34 bits per heavy atom. The van der Waals surface area contributed by atoms with Crippen molar-refractivity contribution in [2.24, 2.45) is 0 Å². The fourth-order valence-corrected chi connectivity index (χ4v) is 3.14. The zero-order valence-electron chi connectivity index (χ0n) is 16.2. The van der Waals surface area contributed by atoms with E-state index in [1.165, 1.54) is 19.1 Å². The number of amides is 1. The second-order valence-corrected chi connectivity index (χ2v) is 6.99. The lowest BCUT2D eigenvalue weighted by Crippen LogP contribution is -2.30. The van der Waals surface area contributed by atoms with E-state index in [0.717, 1.165) is 36.4 Å². The number of esters is 1. The molecule has 0 spiro atoms. The van der Waals surface area contributed by atoms with Gasteiger partial charge in [0.1, 0.15) is 5.75 Å². The van der Waals surface area contributed by atoms with Crippen LogP contribution >= 0.6 is 0 Å². The van der Waals surface area contributed by atoms with Crippen LogP contribution in [0.15, 0.2) is 30.3 Å². The molecule has 1 aromatic carbocycles. The van der Waals surface area contributed by atoms with Crippen LogP contribution in [0.1, 0.15) is 47.6 Å². The van der Waals surface area contributed by atoms with Crippen LogP contribution in [-0.2, 0) is 9.53 Å². The fraction of sp³-hybridized carbons (Fsp3) is 0.400. The number of hydrogen-bond donors (Lipinski definition) is 1. The number of alkyl halides is 3. The first kappa shape index (κ1) is 20.8. The minimum atomic E-state index is -4.79. The third-order valence-electron chi connectivity index (χ3n) is 4.62. The minimum absolute atomic E-state index is 0.249. The van der Waals surface area contributed by atoms with Crippen molar-refractivity contribution < 1.29 is 32.2 Å². The van der Waals surface area contributed by atoms with Gasteiger partial charge in [0.25, 0.3) is 5.91 Å². The van der Waals surface area contributed by atoms with Gasteiger partial charge in [0, 0.05) is 23.1 Å². The maximum Gasteiger partial charge on any atom is 0.573 e. The molecule has 0 unspecified atom stereocenters. The number of nitrogens with zero attached hydrogens (tertiary/aromatic N) is 1. The van der Waals surface area contributed by atoms with Crippen molar-refractivity contribution in [3.8, 4) is 5.75 Å². The van der Waals surface area contributed by atoms with E-state index in [2.05, 4.69) is 14.6 Å². The molecule has 1 aliphatic carbocycles. The number of ether oxygens (including phenoxy) is 2. The minimum Gasteiger partial charge on any atom is -0.449 e. The second kappa shape index (κ2) is 7.81. The Kier molecular flexibility index (Phi) is 5.59. The summed E-state index contributed by atoms with van der Waals surface area (Å²) in [5.41, 5.74) is 2.44. The summed E-state index contributed by atoms with van der Waals surface area (Å²) >= 11 is 0. The molecule has 3 rings (SSSR count). The number of anilines is 1. The molecule has 0 bridgehead atoms. The highest BCUT2D eigenvalue weighted by Crippen LogP contribution is 2.38. The second-order valence-electron chi connectivity index (χ2n) is 6.99. The number of carbonyl (C=O) groups is 2. The van der Waals surface area contributed by atoms with Crippen LogP contribution in [0, 0.1) is 13.8 Å². The summed E-state index contributed by atoms with van der Waals surface area (Å²) in [7, 11) is 0. The monoisotopic (exact) mass is 410 g/mol. The third-order valence-corrected chi connectivity index (χ3v) is 4.62. The molecule has 1 amide bonds. The molecule has 1 saturated carbocycles. The van der Waals surface area contributed by atoms with Gasteiger partial charge in [-0.15, -0.1) is 13.2 Å². The predicted molar refractivity (Wildman–Crippen MR) is 98.8 cm³/mol. The number of rotatable bonds is 6. The number of aromatic nitrogens is 1. The van der Waals surface area contributed by atoms with Gasteiger partial charge in [-0.05, 0) is 63.9 Å². The van der Waals surface area contributed by atoms with Crippen molar-refractivity contribution in [2.45, 2.75) is 52.1 Å². The Balaban J connectivity index is 1.59. The summed E-state index contributed by atoms with van der Waals surface area (Å²) in [6.07, 6.45) is -3.72. The zero-order valence-corrected chi connectivity index (χ0v) is 16.2. The molecule has 1 N–H and O–H groups in total. The number of aryl methyl sites for hydroxylation is 1. The molecule has 156 valence electrons. The molecule has 0 radical (unpaired) electrons. The summed E-state index contributed by atoms with van der Waals surface area (Å²) in [5.74, 6) is -1.60. The van der Waals surface area contributed by atoms with Gasteiger partial charge in [-0.1, -0.05) is 0 Å². The van der Waals surface area contributed by atoms with Crippen LogP contribution in [0.5, 0.6) is 5.75 Å². The summed E-state index contributed by atoms with van der Waals surface area (Å²) < 4.78 is 47.7. The number of halogens is 3. The molecule has 1 heterocycles. The Labute approximate surface area is 165 Å². The molecule has 2 aromatic rings. The topological polar surface area (TPSA) is 69.6 Å². The molecule has 0 aliphatic heterocycles. The normalized spacial score (nSPS) is 15.0. The largest absolute Gasteiger partial charge is 0.573 e. The van der Waals surface area contributed by atoms with Crippen LogP contribution in [0.2, 0.25) is 0 Å². The van der Waals surface area contributed by atoms with Crippen molar-refractivity contribution in [2.75, 3.05) is 5.32 Å². The highest BCUT2D eigenvalue weighted by Gasteiger charge is 2.31. The Hall–Kier alpha value is -2.97. The molecule has 1 aliphatic rings. The molecule has 0 saturated heterocycles. The van der Waals surface area contributed by atoms with Crippen molar-refractivity contribution in [3.05, 3.63) is 47.3 Å². The van der Waals surface area contributed by atoms with E-state index in [4.69, 9.17) is 4.74 Å². The van der Waals surface area contributed by atoms with Crippen molar-refractivity contribution in [1.29, 1.82) is 0 Å². The number of hydrogen-bond acceptors (Lipinski definition) is 4. The van der Waals surface area contributed by atoms with Crippen LogP contribution in [-0.4, -0.2) is 28.9 Å². The van der Waals surface area contributed by atoms with E-state index in [1.54, 1.807) is 6.07 Å². The van der Waals surface area contributed by atoms with Crippen LogP contribution < -0.4 is 10.1 Å². The van der Waals surface area contributed by atoms with Gasteiger partial charge in [-0.25, -0.2) is 4.79 Å². The standard InChI is InChI=1S/C20H21F3N2O4/c1-11-10-17(12(2)25(11)15-6-7-15)19(27)28-13(3)18(26)24-14-4-8-16(9-5-14)29-20(21,22)23/h4-5,8-10,13,15H,6-7H2,1-3H3,(H,24,26)/t13-/m1/s1. The fourth-order valence-electron chi connectivity index (χ4n) is 3.14. The lowest BCUT2D eigenvalue weighted by Gasteiger charge is -2.14. The van der Waals surface area contributed by atoms with E-state index in [1.807, 2.05) is 13.8 Å². The predicted octanol–water partition coefficient (Wildman–Crippen LogP) is 4.52. The van der Waals surface area contributed by atoms with Gasteiger partial charge >= 0.3 is 12.3 Å². The Morgan fingerprint density at radius 1 is 1.17 bits per heavy atom. The van der Waals surface area contributed by atoms with E-state index >= 15 is 0 Å². The SMILES string of the molecule is Cc1cc(C(=O)O[C@H](C)C(=O)Nc2ccc(OC(F)(F)F)cc2)c(C)n1C1CC1. The molecule has 29 heavy (non-hydrogen) atoms. The lowest BCUT2D eigenvalue weighted by molar-refractivity contribution is -0.274. The molecular formula is C20H21F3N2O4. The summed E-state index contributed by atoms with van der Waals surface area (Å²) in [6, 6.07) is 6.84. The van der Waals surface area contributed by atoms with E-state index in [9.17, 15) is 22.8 Å². The van der Waals surface area contributed by atoms with Crippen molar-refractivity contribution in [1.82, 2.24) is 4.57 Å². The van der Waals surface area contributed by atoms with E-state index in [-0.39, 0.29) is 5.69 Å². The number of nitrogens with one attached hydrogen (secondary N) is 1. The van der Waals surface area contributed by atoms with E-state index in [0.29, 0.717) is 11.6 Å². The average Bonchev–Trinajstić information content (AvgIpc) is 3.40. The molecule has 1 aromatic heterocycles. The van der Waals surface area contributed by atoms with Crippen molar-refractivity contribution in [3.63, 3.8) is 0 Å². The van der Waals surface area contributed by atoms with Gasteiger partial charge in [0.05, 0.1) is 5.56 Å². The quantitative estimate of drug-likeness (QED) is 0.711. The number of benzene rings is 1. The highest BCUT2D eigenvalue weighted by molar-refractivity contribution is 5.97. The van der Waals surface area contributed by atoms with Gasteiger partial charge in [-0.2, -0.15) is 0 Å². The first-order chi connectivity index (χ1) is 13.5. The Bertz CT molecular complexity index is 915. The van der Waals surface area contributed by atoms with Gasteiger partial charge < -0.3 is 19.4 Å². The zero-order chi connectivity index (χ0) is 21.3. The molecule has 6 nitrogen and oxygen atoms in total. The molecule has 9 heteroatoms. The van der Waals surface area contributed by atoms with Gasteiger partial charge in [-0.3, -0.25) is 4.79 Å². The average molecular weight is 410 g/mol. The summed E-state index contributed by atoms with van der Waals surface area (Å²) in [4.78, 5) is 24.7. The molecular weight excluding hydrogens is 389 g/mol. The summed E-state index contributed by atoms with van der Waals surface area (Å²) in [5, 5.41) is 2.49. The smallest absolute Gasteiger partial charge is 0.449 e. The maximum atomic E-state index is 12.5. The van der Waals surface area contributed by atoms with E-state index < -0.39 is 30.1 Å². The van der Waals surface area contributed by atoms with Gasteiger partial charge in [0.2, 0.25) is 0 Å². The lowest BCUT2D eigenvalue weighted by atomic mass is 10.2. The number of carbonyl (C=O) groups excluding carboxylic acids is 2. The van der Waals surface area contributed by atoms with Crippen LogP contribution in [0.3, 0.4) is 0 Å². The molecule has 1 fully saturated rings. The first-order valence-electron chi connectivity index (χ1n) is 9.11. The summed E-state index contributed by atoms with van der Waals surface area (Å²) in [6.45, 7) is 5.19. The van der Waals surface area contributed by atoms with Crippen molar-refractivity contribution >= 4 is 17.6 Å². The highest BCUT2D eigenvalue weighted by atomic mass is 19.4. The third kappa shape index (κ3) is 5.10. The molecule has 1 atom stereocenters. The van der Waals surface area contributed by atoms with Crippen LogP contribution in [0.4, 0.5) is 18.9 Å². The maximum absolute atomic E-state index is 12.5.